The topological polar surface area (TPSA) is 69.7 Å². The van der Waals surface area contributed by atoms with Gasteiger partial charge in [0, 0.05) is 12.8 Å². The molecule has 2 atom stereocenters. The quantitative estimate of drug-likeness (QED) is 0.545. The van der Waals surface area contributed by atoms with Gasteiger partial charge in [-0.2, -0.15) is 0 Å². The Hall–Kier alpha value is -1.10. The lowest BCUT2D eigenvalue weighted by molar-refractivity contribution is -0.144. The maximum Gasteiger partial charge on any atom is 0.306 e. The molecule has 0 radical (unpaired) electrons. The molecule has 0 aromatic heterocycles. The third kappa shape index (κ3) is 1.39. The average Bonchev–Trinajstić information content (AvgIpc) is 2.62. The van der Waals surface area contributed by atoms with Gasteiger partial charge in [-0.25, -0.2) is 0 Å². The van der Waals surface area contributed by atoms with Crippen LogP contribution in [0, 0.1) is 5.21 Å². The second-order valence-corrected chi connectivity index (χ2v) is 3.39. The molecule has 0 spiro atoms. The molecule has 0 bridgehead atoms. The lowest BCUT2D eigenvalue weighted by atomic mass is 10.1. The highest BCUT2D eigenvalue weighted by molar-refractivity contribution is 5.79. The number of esters is 1. The van der Waals surface area contributed by atoms with E-state index in [0.717, 1.165) is 0 Å². The molecule has 2 aliphatic rings. The third-order valence-electron chi connectivity index (χ3n) is 2.55. The maximum absolute atomic E-state index is 11.2. The third-order valence-corrected chi connectivity index (χ3v) is 2.55. The Morgan fingerprint density at radius 1 is 1.31 bits per heavy atom. The van der Waals surface area contributed by atoms with Gasteiger partial charge in [0.25, 0.3) is 0 Å². The van der Waals surface area contributed by atoms with Gasteiger partial charge >= 0.3 is 5.97 Å². The van der Waals surface area contributed by atoms with Crippen LogP contribution in [-0.4, -0.2) is 29.1 Å². The van der Waals surface area contributed by atoms with Crippen molar-refractivity contribution in [2.75, 3.05) is 0 Å². The molecular weight excluding hydrogens is 174 g/mol. The Bertz CT molecular complexity index is 253. The van der Waals surface area contributed by atoms with Crippen molar-refractivity contribution in [3.05, 3.63) is 5.21 Å². The fraction of sp³-hybridized carbons (Fsp3) is 0.750. The molecule has 2 saturated heterocycles. The SMILES string of the molecule is O=C1CCC(C2CCC(=O)N2[O-])O1. The first kappa shape index (κ1) is 8.50. The molecule has 0 aromatic carbocycles. The van der Waals surface area contributed by atoms with E-state index in [1.807, 2.05) is 0 Å². The zero-order valence-corrected chi connectivity index (χ0v) is 7.06. The molecular formula is C8H10NO4-. The summed E-state index contributed by atoms with van der Waals surface area (Å²) in [6.45, 7) is 0. The molecule has 5 heteroatoms. The molecule has 2 rings (SSSR count). The monoisotopic (exact) mass is 184 g/mol. The Morgan fingerprint density at radius 2 is 2.08 bits per heavy atom. The Labute approximate surface area is 75.2 Å². The van der Waals surface area contributed by atoms with Crippen LogP contribution in [0.5, 0.6) is 0 Å². The van der Waals surface area contributed by atoms with Gasteiger partial charge in [-0.1, -0.05) is 0 Å². The smallest absolute Gasteiger partial charge is 0.306 e. The molecule has 13 heavy (non-hydrogen) atoms. The molecule has 5 nitrogen and oxygen atoms in total. The minimum absolute atomic E-state index is 0.266. The van der Waals surface area contributed by atoms with E-state index in [-0.39, 0.29) is 18.5 Å². The summed E-state index contributed by atoms with van der Waals surface area (Å²) in [6, 6.07) is -0.432. The summed E-state index contributed by atoms with van der Waals surface area (Å²) >= 11 is 0. The zero-order chi connectivity index (χ0) is 9.42. The van der Waals surface area contributed by atoms with Crippen LogP contribution in [0.1, 0.15) is 25.7 Å². The van der Waals surface area contributed by atoms with Gasteiger partial charge in [0.2, 0.25) is 5.91 Å². The van der Waals surface area contributed by atoms with E-state index in [1.54, 1.807) is 0 Å². The van der Waals surface area contributed by atoms with Gasteiger partial charge in [0.05, 0.1) is 6.04 Å². The number of hydroxylamine groups is 2. The first-order valence-electron chi connectivity index (χ1n) is 4.37. The zero-order valence-electron chi connectivity index (χ0n) is 7.06. The van der Waals surface area contributed by atoms with Crippen LogP contribution >= 0.6 is 0 Å². The largest absolute Gasteiger partial charge is 0.756 e. The van der Waals surface area contributed by atoms with Crippen molar-refractivity contribution in [2.24, 2.45) is 0 Å². The van der Waals surface area contributed by atoms with Gasteiger partial charge < -0.3 is 15.0 Å². The fourth-order valence-corrected chi connectivity index (χ4v) is 1.84. The lowest BCUT2D eigenvalue weighted by Gasteiger charge is -2.33. The minimum Gasteiger partial charge on any atom is -0.756 e. The summed E-state index contributed by atoms with van der Waals surface area (Å²) in [5.41, 5.74) is 0. The fourth-order valence-electron chi connectivity index (χ4n) is 1.84. The van der Waals surface area contributed by atoms with E-state index in [0.29, 0.717) is 24.3 Å². The van der Waals surface area contributed by atoms with Crippen molar-refractivity contribution in [1.29, 1.82) is 0 Å². The number of rotatable bonds is 1. The maximum atomic E-state index is 11.2. The van der Waals surface area contributed by atoms with E-state index in [1.165, 1.54) is 0 Å². The first-order valence-corrected chi connectivity index (χ1v) is 4.37. The normalized spacial score (nSPS) is 34.1. The standard InChI is InChI=1S/C8H10NO4/c10-7-3-1-5(9(7)12)6-2-4-8(11)13-6/h5-6H,1-4H2/q-1. The van der Waals surface area contributed by atoms with Crippen LogP contribution in [0.2, 0.25) is 0 Å². The van der Waals surface area contributed by atoms with Crippen molar-refractivity contribution in [3.8, 4) is 0 Å². The van der Waals surface area contributed by atoms with Crippen LogP contribution in [0.4, 0.5) is 0 Å². The molecule has 72 valence electrons. The van der Waals surface area contributed by atoms with Gasteiger partial charge in [-0.15, -0.1) is 0 Å². The number of nitrogens with zero attached hydrogens (tertiary/aromatic N) is 1. The summed E-state index contributed by atoms with van der Waals surface area (Å²) < 4.78 is 4.93. The van der Waals surface area contributed by atoms with Gasteiger partial charge in [-0.3, -0.25) is 9.59 Å². The second kappa shape index (κ2) is 2.99. The Balaban J connectivity index is 2.02. The molecule has 2 fully saturated rings. The summed E-state index contributed by atoms with van der Waals surface area (Å²) in [6.07, 6.45) is 1.36. The van der Waals surface area contributed by atoms with Crippen LogP contribution < -0.4 is 0 Å². The summed E-state index contributed by atoms with van der Waals surface area (Å²) in [7, 11) is 0. The van der Waals surface area contributed by atoms with Crippen molar-refractivity contribution in [1.82, 2.24) is 5.06 Å². The molecule has 0 saturated carbocycles. The highest BCUT2D eigenvalue weighted by Gasteiger charge is 2.36. The minimum atomic E-state index is -0.432. The van der Waals surface area contributed by atoms with Crippen molar-refractivity contribution < 1.29 is 14.3 Å². The van der Waals surface area contributed by atoms with Crippen LogP contribution in [0.15, 0.2) is 0 Å². The van der Waals surface area contributed by atoms with Gasteiger partial charge in [-0.05, 0) is 12.8 Å². The van der Waals surface area contributed by atoms with Crippen molar-refractivity contribution >= 4 is 11.9 Å². The van der Waals surface area contributed by atoms with E-state index in [2.05, 4.69) is 0 Å². The predicted molar refractivity (Wildman–Crippen MR) is 42.3 cm³/mol. The summed E-state index contributed by atoms with van der Waals surface area (Å²) in [4.78, 5) is 21.7. The van der Waals surface area contributed by atoms with E-state index in [4.69, 9.17) is 4.74 Å². The second-order valence-electron chi connectivity index (χ2n) is 3.39. The van der Waals surface area contributed by atoms with Crippen molar-refractivity contribution in [3.63, 3.8) is 0 Å². The molecule has 0 aliphatic carbocycles. The van der Waals surface area contributed by atoms with Gasteiger partial charge in [0.15, 0.2) is 0 Å². The number of ether oxygens (including phenoxy) is 1. The molecule has 2 unspecified atom stereocenters. The van der Waals surface area contributed by atoms with Gasteiger partial charge in [0.1, 0.15) is 6.10 Å². The predicted octanol–water partition coefficient (Wildman–Crippen LogP) is 0.181. The van der Waals surface area contributed by atoms with E-state index < -0.39 is 11.9 Å². The van der Waals surface area contributed by atoms with E-state index >= 15 is 0 Å². The highest BCUT2D eigenvalue weighted by atomic mass is 16.6. The van der Waals surface area contributed by atoms with E-state index in [9.17, 15) is 14.8 Å². The molecule has 1 amide bonds. The number of cyclic esters (lactones) is 1. The molecule has 0 N–H and O–H groups in total. The van der Waals surface area contributed by atoms with Crippen LogP contribution in [-0.2, 0) is 14.3 Å². The number of hydrogen-bond acceptors (Lipinski definition) is 4. The molecule has 2 aliphatic heterocycles. The molecule has 0 aromatic rings. The summed E-state index contributed by atoms with van der Waals surface area (Å²) in [5, 5.41) is 11.6. The Kier molecular flexibility index (Phi) is 1.95. The first-order chi connectivity index (χ1) is 6.18. The number of carbonyl (C=O) groups excluding carboxylic acids is 2. The van der Waals surface area contributed by atoms with Crippen LogP contribution in [0.3, 0.4) is 0 Å². The average molecular weight is 184 g/mol. The number of carbonyl (C=O) groups is 2. The molecule has 2 heterocycles. The van der Waals surface area contributed by atoms with Crippen LogP contribution in [0.25, 0.3) is 0 Å². The van der Waals surface area contributed by atoms with Crippen molar-refractivity contribution in [2.45, 2.75) is 37.8 Å². The lowest BCUT2D eigenvalue weighted by Crippen LogP contribution is -2.36. The summed E-state index contributed by atoms with van der Waals surface area (Å²) in [5.74, 6) is -0.661. The number of hydrogen-bond donors (Lipinski definition) is 0. The highest BCUT2D eigenvalue weighted by Crippen LogP contribution is 2.28. The Morgan fingerprint density at radius 3 is 2.54 bits per heavy atom. The number of amides is 1.